The van der Waals surface area contributed by atoms with Crippen LogP contribution in [-0.2, 0) is 6.54 Å². The third kappa shape index (κ3) is 2.05. The highest BCUT2D eigenvalue weighted by Crippen LogP contribution is 2.27. The zero-order valence-corrected chi connectivity index (χ0v) is 8.55. The predicted molar refractivity (Wildman–Crippen MR) is 49.5 cm³/mol. The highest BCUT2D eigenvalue weighted by molar-refractivity contribution is 9.10. The van der Waals surface area contributed by atoms with Gasteiger partial charge in [0.25, 0.3) is 6.43 Å². The fraction of sp³-hybridized carbons (Fsp3) is 0.250. The summed E-state index contributed by atoms with van der Waals surface area (Å²) in [5, 5.41) is 8.52. The number of hydrogen-bond acceptors (Lipinski definition) is 3. The maximum absolute atomic E-state index is 12.5. The van der Waals surface area contributed by atoms with Crippen LogP contribution >= 0.6 is 15.9 Å². The molecular weight excluding hydrogens is 256 g/mol. The molecule has 3 nitrogen and oxygen atoms in total. The molecule has 0 aliphatic carbocycles. The lowest BCUT2D eigenvalue weighted by Crippen LogP contribution is -2.06. The monoisotopic (exact) mass is 261 g/mol. The first-order valence-electron chi connectivity index (χ1n) is 3.67. The Bertz CT molecular complexity index is 387. The van der Waals surface area contributed by atoms with Crippen LogP contribution in [0.15, 0.2) is 10.5 Å². The number of pyridine rings is 1. The number of hydrogen-bond donors (Lipinski definition) is 1. The van der Waals surface area contributed by atoms with Crippen molar-refractivity contribution in [2.45, 2.75) is 13.0 Å². The first-order chi connectivity index (χ1) is 6.60. The summed E-state index contributed by atoms with van der Waals surface area (Å²) in [7, 11) is 0. The molecule has 1 rings (SSSR count). The molecule has 0 spiro atoms. The maximum Gasteiger partial charge on any atom is 0.280 e. The molecule has 1 aromatic rings. The van der Waals surface area contributed by atoms with Crippen LogP contribution < -0.4 is 5.73 Å². The number of nitrogens with two attached hydrogens (primary N) is 1. The third-order valence-electron chi connectivity index (χ3n) is 1.63. The standard InChI is InChI=1S/C8H6BrF2N3/c9-6-1-4(2-12)14-7(8(10)11)5(6)3-13/h1,8H,3,13H2. The van der Waals surface area contributed by atoms with Crippen LogP contribution in [0.4, 0.5) is 8.78 Å². The highest BCUT2D eigenvalue weighted by Gasteiger charge is 2.17. The number of alkyl halides is 2. The molecule has 0 aromatic carbocycles. The molecule has 0 atom stereocenters. The van der Waals surface area contributed by atoms with Crippen LogP contribution in [-0.4, -0.2) is 4.98 Å². The Labute approximate surface area is 87.7 Å². The predicted octanol–water partition coefficient (Wildman–Crippen LogP) is 2.11. The Morgan fingerprint density at radius 2 is 2.29 bits per heavy atom. The SMILES string of the molecule is N#Cc1cc(Br)c(CN)c(C(F)F)n1. The number of halogens is 3. The summed E-state index contributed by atoms with van der Waals surface area (Å²) in [4.78, 5) is 3.50. The molecule has 14 heavy (non-hydrogen) atoms. The van der Waals surface area contributed by atoms with Crippen molar-refractivity contribution in [2.24, 2.45) is 5.73 Å². The molecule has 0 amide bonds. The largest absolute Gasteiger partial charge is 0.326 e. The van der Waals surface area contributed by atoms with E-state index < -0.39 is 12.1 Å². The third-order valence-corrected chi connectivity index (χ3v) is 2.33. The molecule has 1 aromatic heterocycles. The molecule has 0 aliphatic heterocycles. The summed E-state index contributed by atoms with van der Waals surface area (Å²) in [6.45, 7) is -0.0427. The van der Waals surface area contributed by atoms with E-state index in [4.69, 9.17) is 11.0 Å². The molecule has 0 fully saturated rings. The zero-order chi connectivity index (χ0) is 10.7. The van der Waals surface area contributed by atoms with Crippen molar-refractivity contribution in [3.05, 3.63) is 27.5 Å². The van der Waals surface area contributed by atoms with Crippen molar-refractivity contribution in [2.75, 3.05) is 0 Å². The first kappa shape index (κ1) is 11.0. The van der Waals surface area contributed by atoms with E-state index in [-0.39, 0.29) is 17.8 Å². The number of nitriles is 1. The lowest BCUT2D eigenvalue weighted by molar-refractivity contribution is 0.144. The van der Waals surface area contributed by atoms with Gasteiger partial charge in [0, 0.05) is 16.6 Å². The summed E-state index contributed by atoms with van der Waals surface area (Å²) in [6, 6.07) is 3.07. The minimum atomic E-state index is -2.72. The van der Waals surface area contributed by atoms with E-state index in [2.05, 4.69) is 20.9 Å². The van der Waals surface area contributed by atoms with Crippen LogP contribution in [0, 0.1) is 11.3 Å². The van der Waals surface area contributed by atoms with Gasteiger partial charge < -0.3 is 5.73 Å². The van der Waals surface area contributed by atoms with E-state index in [0.29, 0.717) is 4.47 Å². The molecule has 0 saturated heterocycles. The molecule has 0 bridgehead atoms. The maximum atomic E-state index is 12.5. The van der Waals surface area contributed by atoms with Crippen LogP contribution in [0.5, 0.6) is 0 Å². The van der Waals surface area contributed by atoms with Gasteiger partial charge in [0.15, 0.2) is 0 Å². The van der Waals surface area contributed by atoms with Crippen molar-refractivity contribution < 1.29 is 8.78 Å². The summed E-state index contributed by atoms with van der Waals surface area (Å²) in [6.07, 6.45) is -2.72. The Hall–Kier alpha value is -1.06. The lowest BCUT2D eigenvalue weighted by Gasteiger charge is -2.08. The molecule has 0 saturated carbocycles. The average Bonchev–Trinajstić information content (AvgIpc) is 2.16. The van der Waals surface area contributed by atoms with Crippen molar-refractivity contribution in [1.82, 2.24) is 4.98 Å². The zero-order valence-electron chi connectivity index (χ0n) is 6.97. The molecule has 74 valence electrons. The molecule has 6 heteroatoms. The number of rotatable bonds is 2. The molecule has 0 aliphatic rings. The van der Waals surface area contributed by atoms with Gasteiger partial charge in [0.2, 0.25) is 0 Å². The Balaban J connectivity index is 3.37. The fourth-order valence-electron chi connectivity index (χ4n) is 0.999. The van der Waals surface area contributed by atoms with Crippen molar-refractivity contribution in [3.8, 4) is 6.07 Å². The van der Waals surface area contributed by atoms with Gasteiger partial charge in [-0.05, 0) is 6.07 Å². The van der Waals surface area contributed by atoms with Gasteiger partial charge in [-0.2, -0.15) is 5.26 Å². The second kappa shape index (κ2) is 4.44. The number of nitrogens with zero attached hydrogens (tertiary/aromatic N) is 2. The summed E-state index contributed by atoms with van der Waals surface area (Å²) < 4.78 is 25.3. The highest BCUT2D eigenvalue weighted by atomic mass is 79.9. The van der Waals surface area contributed by atoms with E-state index in [9.17, 15) is 8.78 Å². The van der Waals surface area contributed by atoms with Crippen molar-refractivity contribution in [1.29, 1.82) is 5.26 Å². The average molecular weight is 262 g/mol. The summed E-state index contributed by atoms with van der Waals surface area (Å²) in [5.74, 6) is 0. The van der Waals surface area contributed by atoms with E-state index in [0.717, 1.165) is 0 Å². The van der Waals surface area contributed by atoms with E-state index in [1.807, 2.05) is 0 Å². The van der Waals surface area contributed by atoms with Gasteiger partial charge in [-0.1, -0.05) is 15.9 Å². The minimum absolute atomic E-state index is 0.0427. The second-order valence-corrected chi connectivity index (χ2v) is 3.32. The summed E-state index contributed by atoms with van der Waals surface area (Å²) >= 11 is 3.06. The fourth-order valence-corrected chi connectivity index (χ4v) is 1.58. The Morgan fingerprint density at radius 3 is 2.71 bits per heavy atom. The second-order valence-electron chi connectivity index (χ2n) is 2.47. The van der Waals surface area contributed by atoms with Gasteiger partial charge in [-0.3, -0.25) is 0 Å². The van der Waals surface area contributed by atoms with E-state index in [1.165, 1.54) is 6.07 Å². The van der Waals surface area contributed by atoms with Crippen molar-refractivity contribution >= 4 is 15.9 Å². The quantitative estimate of drug-likeness (QED) is 0.887. The van der Waals surface area contributed by atoms with Gasteiger partial charge in [0.05, 0.1) is 0 Å². The van der Waals surface area contributed by atoms with Crippen LogP contribution in [0.1, 0.15) is 23.4 Å². The van der Waals surface area contributed by atoms with Crippen LogP contribution in [0.25, 0.3) is 0 Å². The topological polar surface area (TPSA) is 62.7 Å². The van der Waals surface area contributed by atoms with Gasteiger partial charge in [-0.15, -0.1) is 0 Å². The molecule has 0 radical (unpaired) electrons. The van der Waals surface area contributed by atoms with Gasteiger partial charge in [0.1, 0.15) is 17.5 Å². The Morgan fingerprint density at radius 1 is 1.64 bits per heavy atom. The minimum Gasteiger partial charge on any atom is -0.326 e. The number of aromatic nitrogens is 1. The Kier molecular flexibility index (Phi) is 3.49. The molecule has 0 unspecified atom stereocenters. The van der Waals surface area contributed by atoms with E-state index in [1.54, 1.807) is 6.07 Å². The molecule has 1 heterocycles. The van der Waals surface area contributed by atoms with Crippen LogP contribution in [0.2, 0.25) is 0 Å². The lowest BCUT2D eigenvalue weighted by atomic mass is 10.2. The summed E-state index contributed by atoms with van der Waals surface area (Å²) in [5.41, 5.74) is 5.05. The van der Waals surface area contributed by atoms with Crippen molar-refractivity contribution in [3.63, 3.8) is 0 Å². The van der Waals surface area contributed by atoms with E-state index >= 15 is 0 Å². The van der Waals surface area contributed by atoms with Gasteiger partial charge in [-0.25, -0.2) is 13.8 Å². The molecule has 2 N–H and O–H groups in total. The molecular formula is C8H6BrF2N3. The smallest absolute Gasteiger partial charge is 0.280 e. The normalized spacial score (nSPS) is 10.3. The van der Waals surface area contributed by atoms with Crippen LogP contribution in [0.3, 0.4) is 0 Å². The first-order valence-corrected chi connectivity index (χ1v) is 4.47. The van der Waals surface area contributed by atoms with Gasteiger partial charge >= 0.3 is 0 Å².